The molecule has 0 radical (unpaired) electrons. The molecule has 110 valence electrons. The van der Waals surface area contributed by atoms with Gasteiger partial charge in [-0.25, -0.2) is 0 Å². The molecule has 0 saturated carbocycles. The fraction of sp³-hybridized carbons (Fsp3) is 0. The average Bonchev–Trinajstić information content (AvgIpc) is 3.30. The maximum atomic E-state index is 5.94. The predicted molar refractivity (Wildman–Crippen MR) is 94.7 cm³/mol. The molecule has 3 heteroatoms. The lowest BCUT2D eigenvalue weighted by molar-refractivity contribution is 0.633. The van der Waals surface area contributed by atoms with E-state index in [2.05, 4.69) is 36.4 Å². The predicted octanol–water partition coefficient (Wildman–Crippen LogP) is 6.57. The van der Waals surface area contributed by atoms with Crippen molar-refractivity contribution in [3.63, 3.8) is 0 Å². The van der Waals surface area contributed by atoms with Gasteiger partial charge >= 0.3 is 0 Å². The second-order valence-corrected chi connectivity index (χ2v) is 6.54. The van der Waals surface area contributed by atoms with Crippen LogP contribution < -0.4 is 0 Å². The smallest absolute Gasteiger partial charge is 0.145 e. The molecule has 23 heavy (non-hydrogen) atoms. The number of rotatable bonds is 2. The van der Waals surface area contributed by atoms with Crippen molar-refractivity contribution in [2.24, 2.45) is 0 Å². The first kappa shape index (κ1) is 12.7. The molecule has 0 amide bonds. The molecule has 0 unspecified atom stereocenters. The van der Waals surface area contributed by atoms with Crippen LogP contribution in [-0.2, 0) is 0 Å². The second-order valence-electron chi connectivity index (χ2n) is 5.46. The summed E-state index contributed by atoms with van der Waals surface area (Å²) in [5, 5.41) is 2.25. The monoisotopic (exact) mass is 316 g/mol. The third-order valence-electron chi connectivity index (χ3n) is 3.94. The lowest BCUT2D eigenvalue weighted by Crippen LogP contribution is -1.61. The summed E-state index contributed by atoms with van der Waals surface area (Å²) in [7, 11) is 0. The van der Waals surface area contributed by atoms with Crippen molar-refractivity contribution in [1.82, 2.24) is 0 Å². The van der Waals surface area contributed by atoms with Gasteiger partial charge < -0.3 is 8.83 Å². The van der Waals surface area contributed by atoms with E-state index in [1.54, 1.807) is 11.3 Å². The zero-order valence-corrected chi connectivity index (χ0v) is 13.0. The van der Waals surface area contributed by atoms with Crippen molar-refractivity contribution in [2.75, 3.05) is 0 Å². The van der Waals surface area contributed by atoms with E-state index in [1.807, 2.05) is 36.4 Å². The molecule has 0 spiro atoms. The summed E-state index contributed by atoms with van der Waals surface area (Å²) >= 11 is 1.68. The normalized spacial score (nSPS) is 11.5. The van der Waals surface area contributed by atoms with Crippen LogP contribution in [-0.4, -0.2) is 0 Å². The van der Waals surface area contributed by atoms with Crippen LogP contribution in [0.1, 0.15) is 0 Å². The Morgan fingerprint density at radius 2 is 1.04 bits per heavy atom. The van der Waals surface area contributed by atoms with E-state index in [-0.39, 0.29) is 0 Å². The Kier molecular flexibility index (Phi) is 2.69. The molecule has 3 aromatic heterocycles. The van der Waals surface area contributed by atoms with E-state index >= 15 is 0 Å². The van der Waals surface area contributed by atoms with Crippen molar-refractivity contribution >= 4 is 33.3 Å². The van der Waals surface area contributed by atoms with Crippen LogP contribution >= 0.6 is 11.3 Å². The Morgan fingerprint density at radius 3 is 1.52 bits per heavy atom. The summed E-state index contributed by atoms with van der Waals surface area (Å²) in [6.07, 6.45) is 0. The van der Waals surface area contributed by atoms with Crippen LogP contribution in [0, 0.1) is 0 Å². The Balaban J connectivity index is 1.59. The molecule has 0 fully saturated rings. The Labute approximate surface area is 136 Å². The van der Waals surface area contributed by atoms with Gasteiger partial charge in [0, 0.05) is 10.8 Å². The molecule has 5 rings (SSSR count). The number of thiophene rings is 1. The largest absolute Gasteiger partial charge is 0.455 e. The Hall–Kier alpha value is -2.78. The summed E-state index contributed by atoms with van der Waals surface area (Å²) in [6.45, 7) is 0. The van der Waals surface area contributed by atoms with Gasteiger partial charge in [0.25, 0.3) is 0 Å². The molecule has 2 nitrogen and oxygen atoms in total. The van der Waals surface area contributed by atoms with Crippen LogP contribution in [0.4, 0.5) is 0 Å². The number of fused-ring (bicyclic) bond motifs is 2. The SMILES string of the molecule is c1ccc2oc(-c3ccc(-c4cc5ccccc5o4)s3)cc2c1. The van der Waals surface area contributed by atoms with Gasteiger partial charge in [0.15, 0.2) is 0 Å². The first-order valence-corrected chi connectivity index (χ1v) is 8.26. The minimum absolute atomic E-state index is 0.901. The number of benzene rings is 2. The van der Waals surface area contributed by atoms with E-state index in [0.29, 0.717) is 0 Å². The minimum Gasteiger partial charge on any atom is -0.455 e. The molecule has 0 bridgehead atoms. The number of para-hydroxylation sites is 2. The summed E-state index contributed by atoms with van der Waals surface area (Å²) in [5.41, 5.74) is 1.84. The lowest BCUT2D eigenvalue weighted by Gasteiger charge is -1.90. The molecule has 0 atom stereocenters. The van der Waals surface area contributed by atoms with Gasteiger partial charge in [-0.2, -0.15) is 0 Å². The van der Waals surface area contributed by atoms with E-state index < -0.39 is 0 Å². The molecule has 0 N–H and O–H groups in total. The fourth-order valence-electron chi connectivity index (χ4n) is 2.81. The fourth-order valence-corrected chi connectivity index (χ4v) is 3.72. The highest BCUT2D eigenvalue weighted by Gasteiger charge is 2.12. The van der Waals surface area contributed by atoms with Crippen molar-refractivity contribution < 1.29 is 8.83 Å². The van der Waals surface area contributed by atoms with Crippen LogP contribution in [0.25, 0.3) is 43.2 Å². The van der Waals surface area contributed by atoms with E-state index in [4.69, 9.17) is 8.83 Å². The van der Waals surface area contributed by atoms with Crippen LogP contribution in [0.2, 0.25) is 0 Å². The minimum atomic E-state index is 0.901. The summed E-state index contributed by atoms with van der Waals surface area (Å²) < 4.78 is 11.9. The van der Waals surface area contributed by atoms with E-state index in [1.165, 1.54) is 0 Å². The highest BCUT2D eigenvalue weighted by Crippen LogP contribution is 2.38. The standard InChI is InChI=1S/C20H12O2S/c1-3-7-15-13(5-1)11-17(21-15)19-9-10-20(23-19)18-12-14-6-2-4-8-16(14)22-18/h1-12H. The maximum absolute atomic E-state index is 5.94. The molecular formula is C20H12O2S. The highest BCUT2D eigenvalue weighted by molar-refractivity contribution is 7.18. The first-order chi connectivity index (χ1) is 11.4. The summed E-state index contributed by atoms with van der Waals surface area (Å²) in [6, 6.07) is 24.5. The van der Waals surface area contributed by atoms with Crippen LogP contribution in [0.15, 0.2) is 81.6 Å². The van der Waals surface area contributed by atoms with Gasteiger partial charge in [0.2, 0.25) is 0 Å². The summed E-state index contributed by atoms with van der Waals surface area (Å²) in [5.74, 6) is 1.80. The van der Waals surface area contributed by atoms with Crippen molar-refractivity contribution in [1.29, 1.82) is 0 Å². The van der Waals surface area contributed by atoms with Crippen LogP contribution in [0.5, 0.6) is 0 Å². The zero-order chi connectivity index (χ0) is 15.2. The number of furan rings is 2. The van der Waals surface area contributed by atoms with Gasteiger partial charge in [-0.05, 0) is 36.4 Å². The maximum Gasteiger partial charge on any atom is 0.145 e. The molecule has 5 aromatic rings. The van der Waals surface area contributed by atoms with E-state index in [0.717, 1.165) is 43.2 Å². The first-order valence-electron chi connectivity index (χ1n) is 7.44. The van der Waals surface area contributed by atoms with Crippen molar-refractivity contribution in [3.05, 3.63) is 72.8 Å². The molecule has 0 aliphatic heterocycles. The molecule has 3 heterocycles. The number of hydrogen-bond acceptors (Lipinski definition) is 3. The van der Waals surface area contributed by atoms with Gasteiger partial charge in [-0.15, -0.1) is 11.3 Å². The molecule has 0 aliphatic rings. The van der Waals surface area contributed by atoms with Gasteiger partial charge in [0.05, 0.1) is 9.75 Å². The summed E-state index contributed by atoms with van der Waals surface area (Å²) in [4.78, 5) is 2.22. The zero-order valence-electron chi connectivity index (χ0n) is 12.2. The lowest BCUT2D eigenvalue weighted by atomic mass is 10.2. The Bertz CT molecular complexity index is 972. The third kappa shape index (κ3) is 2.09. The average molecular weight is 316 g/mol. The van der Waals surface area contributed by atoms with Crippen molar-refractivity contribution in [2.45, 2.75) is 0 Å². The number of hydrogen-bond donors (Lipinski definition) is 0. The second kappa shape index (κ2) is 4.86. The molecule has 2 aromatic carbocycles. The van der Waals surface area contributed by atoms with Crippen LogP contribution in [0.3, 0.4) is 0 Å². The van der Waals surface area contributed by atoms with Crippen molar-refractivity contribution in [3.8, 4) is 21.3 Å². The Morgan fingerprint density at radius 1 is 0.565 bits per heavy atom. The molecule has 0 aliphatic carbocycles. The van der Waals surface area contributed by atoms with Gasteiger partial charge in [-0.3, -0.25) is 0 Å². The van der Waals surface area contributed by atoms with Gasteiger partial charge in [-0.1, -0.05) is 36.4 Å². The highest BCUT2D eigenvalue weighted by atomic mass is 32.1. The van der Waals surface area contributed by atoms with E-state index in [9.17, 15) is 0 Å². The quantitative estimate of drug-likeness (QED) is 0.368. The third-order valence-corrected chi connectivity index (χ3v) is 5.06. The topological polar surface area (TPSA) is 26.3 Å². The van der Waals surface area contributed by atoms with Gasteiger partial charge in [0.1, 0.15) is 22.7 Å². The molecule has 0 saturated heterocycles. The molecular weight excluding hydrogens is 304 g/mol.